The van der Waals surface area contributed by atoms with Crippen molar-refractivity contribution in [3.8, 4) is 5.75 Å². The van der Waals surface area contributed by atoms with E-state index in [9.17, 15) is 5.11 Å². The first-order chi connectivity index (χ1) is 15.1. The third-order valence-electron chi connectivity index (χ3n) is 4.67. The summed E-state index contributed by atoms with van der Waals surface area (Å²) < 4.78 is 6.27. The van der Waals surface area contributed by atoms with Gasteiger partial charge in [0, 0.05) is 28.8 Å². The van der Waals surface area contributed by atoms with Gasteiger partial charge in [0.2, 0.25) is 17.8 Å². The lowest BCUT2D eigenvalue weighted by Gasteiger charge is -2.27. The third-order valence-corrected chi connectivity index (χ3v) is 5.16. The summed E-state index contributed by atoms with van der Waals surface area (Å²) in [6, 6.07) is 13.0. The minimum absolute atomic E-state index is 0.125. The number of aromatic hydroxyl groups is 1. The minimum Gasteiger partial charge on any atom is -0.507 e. The van der Waals surface area contributed by atoms with Crippen LogP contribution in [0.1, 0.15) is 11.1 Å². The molecule has 0 aliphatic carbocycles. The SMILES string of the molecule is Cc1ccccc1Nc1nc(N/N=C/c2cc(Br)ccc2O)nc(N2CCOCC2)n1. The van der Waals surface area contributed by atoms with Gasteiger partial charge in [0.1, 0.15) is 5.75 Å². The Morgan fingerprint density at radius 2 is 1.87 bits per heavy atom. The van der Waals surface area contributed by atoms with Crippen LogP contribution < -0.4 is 15.6 Å². The molecule has 1 fully saturated rings. The van der Waals surface area contributed by atoms with Crippen molar-refractivity contribution in [2.75, 3.05) is 41.9 Å². The van der Waals surface area contributed by atoms with Crippen LogP contribution in [0.4, 0.5) is 23.5 Å². The van der Waals surface area contributed by atoms with Gasteiger partial charge in [0.05, 0.1) is 19.4 Å². The quantitative estimate of drug-likeness (QED) is 0.360. The monoisotopic (exact) mass is 483 g/mol. The van der Waals surface area contributed by atoms with E-state index in [0.29, 0.717) is 49.7 Å². The highest BCUT2D eigenvalue weighted by atomic mass is 79.9. The molecule has 3 N–H and O–H groups in total. The van der Waals surface area contributed by atoms with E-state index in [1.54, 1.807) is 18.2 Å². The van der Waals surface area contributed by atoms with Crippen molar-refractivity contribution < 1.29 is 9.84 Å². The normalized spacial score (nSPS) is 14.1. The maximum absolute atomic E-state index is 9.97. The van der Waals surface area contributed by atoms with Gasteiger partial charge in [-0.15, -0.1) is 0 Å². The Labute approximate surface area is 188 Å². The van der Waals surface area contributed by atoms with E-state index < -0.39 is 0 Å². The predicted molar refractivity (Wildman–Crippen MR) is 124 cm³/mol. The van der Waals surface area contributed by atoms with Crippen LogP contribution >= 0.6 is 15.9 Å². The Hall–Kier alpha value is -3.24. The zero-order valence-corrected chi connectivity index (χ0v) is 18.5. The van der Waals surface area contributed by atoms with E-state index in [1.807, 2.05) is 36.1 Å². The van der Waals surface area contributed by atoms with Crippen LogP contribution in [-0.2, 0) is 4.74 Å². The van der Waals surface area contributed by atoms with Crippen molar-refractivity contribution in [2.24, 2.45) is 5.10 Å². The van der Waals surface area contributed by atoms with Gasteiger partial charge >= 0.3 is 0 Å². The minimum atomic E-state index is 0.125. The van der Waals surface area contributed by atoms with Gasteiger partial charge in [0.15, 0.2) is 0 Å². The van der Waals surface area contributed by atoms with Crippen LogP contribution in [0.25, 0.3) is 0 Å². The fourth-order valence-corrected chi connectivity index (χ4v) is 3.38. The molecule has 0 saturated carbocycles. The topological polar surface area (TPSA) is 108 Å². The number of hydrazone groups is 1. The fraction of sp³-hybridized carbons (Fsp3) is 0.238. The molecule has 0 bridgehead atoms. The van der Waals surface area contributed by atoms with E-state index in [-0.39, 0.29) is 5.75 Å². The van der Waals surface area contributed by atoms with Crippen molar-refractivity contribution in [2.45, 2.75) is 6.92 Å². The number of anilines is 4. The Morgan fingerprint density at radius 1 is 1.10 bits per heavy atom. The van der Waals surface area contributed by atoms with Crippen molar-refractivity contribution in [3.05, 3.63) is 58.1 Å². The molecule has 2 heterocycles. The highest BCUT2D eigenvalue weighted by Crippen LogP contribution is 2.22. The van der Waals surface area contributed by atoms with Crippen LogP contribution in [0, 0.1) is 6.92 Å². The number of nitrogens with zero attached hydrogens (tertiary/aromatic N) is 5. The first-order valence-electron chi connectivity index (χ1n) is 9.77. The van der Waals surface area contributed by atoms with Crippen LogP contribution in [0.2, 0.25) is 0 Å². The summed E-state index contributed by atoms with van der Waals surface area (Å²) in [6.45, 7) is 4.65. The van der Waals surface area contributed by atoms with Gasteiger partial charge in [-0.1, -0.05) is 34.1 Å². The summed E-state index contributed by atoms with van der Waals surface area (Å²) in [5.41, 5.74) is 5.39. The molecule has 31 heavy (non-hydrogen) atoms. The van der Waals surface area contributed by atoms with E-state index in [1.165, 1.54) is 6.21 Å². The third kappa shape index (κ3) is 5.47. The number of para-hydroxylation sites is 1. The maximum Gasteiger partial charge on any atom is 0.250 e. The number of rotatable bonds is 6. The van der Waals surface area contributed by atoms with Crippen LogP contribution in [-0.4, -0.2) is 52.6 Å². The molecule has 9 nitrogen and oxygen atoms in total. The first kappa shape index (κ1) is 21.0. The number of halogens is 1. The predicted octanol–water partition coefficient (Wildman–Crippen LogP) is 3.67. The molecule has 3 aromatic rings. The number of aryl methyl sites for hydroxylation is 1. The van der Waals surface area contributed by atoms with Crippen molar-refractivity contribution in [1.29, 1.82) is 0 Å². The number of benzene rings is 2. The molecule has 0 unspecified atom stereocenters. The van der Waals surface area contributed by atoms with Gasteiger partial charge in [-0.05, 0) is 36.8 Å². The molecule has 0 spiro atoms. The highest BCUT2D eigenvalue weighted by Gasteiger charge is 2.17. The van der Waals surface area contributed by atoms with E-state index in [2.05, 4.69) is 46.7 Å². The maximum atomic E-state index is 9.97. The summed E-state index contributed by atoms with van der Waals surface area (Å²) in [5.74, 6) is 1.37. The second-order valence-electron chi connectivity index (χ2n) is 6.90. The molecule has 0 radical (unpaired) electrons. The molecule has 0 amide bonds. The highest BCUT2D eigenvalue weighted by molar-refractivity contribution is 9.10. The Morgan fingerprint density at radius 3 is 2.68 bits per heavy atom. The van der Waals surface area contributed by atoms with Crippen LogP contribution in [0.3, 0.4) is 0 Å². The van der Waals surface area contributed by atoms with Crippen molar-refractivity contribution in [3.63, 3.8) is 0 Å². The fourth-order valence-electron chi connectivity index (χ4n) is 3.00. The number of nitrogens with one attached hydrogen (secondary N) is 2. The second kappa shape index (κ2) is 9.71. The van der Waals surface area contributed by atoms with Gasteiger partial charge in [0.25, 0.3) is 0 Å². The smallest absolute Gasteiger partial charge is 0.250 e. The van der Waals surface area contributed by atoms with Crippen LogP contribution in [0.15, 0.2) is 52.0 Å². The van der Waals surface area contributed by atoms with Gasteiger partial charge in [-0.25, -0.2) is 5.43 Å². The summed E-state index contributed by atoms with van der Waals surface area (Å²) in [6.07, 6.45) is 1.51. The number of morpholine rings is 1. The number of phenols is 1. The Bertz CT molecular complexity index is 1090. The number of aromatic nitrogens is 3. The second-order valence-corrected chi connectivity index (χ2v) is 7.81. The Kier molecular flexibility index (Phi) is 6.58. The summed E-state index contributed by atoms with van der Waals surface area (Å²) in [4.78, 5) is 15.6. The average molecular weight is 484 g/mol. The summed E-state index contributed by atoms with van der Waals surface area (Å²) >= 11 is 3.38. The zero-order chi connectivity index (χ0) is 21.6. The van der Waals surface area contributed by atoms with Gasteiger partial charge < -0.3 is 20.1 Å². The summed E-state index contributed by atoms with van der Waals surface area (Å²) in [7, 11) is 0. The number of hydrogen-bond acceptors (Lipinski definition) is 9. The number of hydrogen-bond donors (Lipinski definition) is 3. The molecular formula is C21H22BrN7O2. The molecule has 1 saturated heterocycles. The molecule has 1 aliphatic rings. The van der Waals surface area contributed by atoms with Crippen LogP contribution in [0.5, 0.6) is 5.75 Å². The van der Waals surface area contributed by atoms with E-state index in [0.717, 1.165) is 15.7 Å². The molecule has 4 rings (SSSR count). The lowest BCUT2D eigenvalue weighted by atomic mass is 10.2. The van der Waals surface area contributed by atoms with E-state index in [4.69, 9.17) is 4.74 Å². The average Bonchev–Trinajstić information content (AvgIpc) is 2.78. The molecule has 1 aliphatic heterocycles. The molecule has 10 heteroatoms. The van der Waals surface area contributed by atoms with E-state index >= 15 is 0 Å². The first-order valence-corrected chi connectivity index (χ1v) is 10.6. The van der Waals surface area contributed by atoms with Gasteiger partial charge in [-0.2, -0.15) is 20.1 Å². The summed E-state index contributed by atoms with van der Waals surface area (Å²) in [5, 5.41) is 17.4. The Balaban J connectivity index is 1.60. The lowest BCUT2D eigenvalue weighted by molar-refractivity contribution is 0.122. The lowest BCUT2D eigenvalue weighted by Crippen LogP contribution is -2.37. The number of phenolic OH excluding ortho intramolecular Hbond substituents is 1. The number of ether oxygens (including phenoxy) is 1. The van der Waals surface area contributed by atoms with Crippen molar-refractivity contribution in [1.82, 2.24) is 15.0 Å². The molecule has 0 atom stereocenters. The standard InChI is InChI=1S/C21H22BrN7O2/c1-14-4-2-3-5-17(14)24-19-25-20(27-21(26-19)29-8-10-31-11-9-29)28-23-13-15-12-16(22)6-7-18(15)30/h2-7,12-13,30H,8-11H2,1H3,(H2,24,25,26,27,28)/b23-13+. The zero-order valence-electron chi connectivity index (χ0n) is 16.9. The molecular weight excluding hydrogens is 462 g/mol. The van der Waals surface area contributed by atoms with Crippen molar-refractivity contribution >= 4 is 45.7 Å². The molecule has 1 aromatic heterocycles. The molecule has 2 aromatic carbocycles. The van der Waals surface area contributed by atoms with Gasteiger partial charge in [-0.3, -0.25) is 0 Å². The largest absolute Gasteiger partial charge is 0.507 e. The molecule has 160 valence electrons.